The van der Waals surface area contributed by atoms with Crippen molar-refractivity contribution in [2.24, 2.45) is 5.73 Å². The van der Waals surface area contributed by atoms with Gasteiger partial charge in [0.15, 0.2) is 6.10 Å². The molecule has 4 aromatic rings. The van der Waals surface area contributed by atoms with Gasteiger partial charge in [-0.2, -0.15) is 0 Å². The molecule has 0 radical (unpaired) electrons. The van der Waals surface area contributed by atoms with Crippen LogP contribution in [0, 0.1) is 0 Å². The highest BCUT2D eigenvalue weighted by Crippen LogP contribution is 2.21. The molecule has 0 saturated carbocycles. The summed E-state index contributed by atoms with van der Waals surface area (Å²) in [5, 5.41) is 16.3. The summed E-state index contributed by atoms with van der Waals surface area (Å²) in [6.45, 7) is 0. The molecule has 3 atom stereocenters. The average Bonchev–Trinajstić information content (AvgIpc) is 2.96. The van der Waals surface area contributed by atoms with E-state index in [1.54, 1.807) is 60.7 Å². The Morgan fingerprint density at radius 3 is 1.79 bits per heavy atom. The zero-order valence-corrected chi connectivity index (χ0v) is 20.7. The smallest absolute Gasteiger partial charge is 0.252 e. The minimum Gasteiger partial charge on any atom is -0.381 e. The maximum atomic E-state index is 13.1. The summed E-state index contributed by atoms with van der Waals surface area (Å²) in [6, 6.07) is 32.5. The second-order valence-electron chi connectivity index (χ2n) is 8.90. The number of nitrogens with one attached hydrogen (secondary N) is 2. The number of aliphatic hydroxyl groups is 1. The molecular weight excluding hydrogens is 478 g/mol. The molecule has 0 unspecified atom stereocenters. The van der Waals surface area contributed by atoms with Gasteiger partial charge in [0, 0.05) is 12.0 Å². The number of carbonyl (C=O) groups is 3. The van der Waals surface area contributed by atoms with Crippen molar-refractivity contribution in [3.8, 4) is 11.1 Å². The van der Waals surface area contributed by atoms with Gasteiger partial charge in [0.05, 0.1) is 6.04 Å². The van der Waals surface area contributed by atoms with Crippen LogP contribution in [0.1, 0.15) is 27.5 Å². The molecule has 0 spiro atoms. The van der Waals surface area contributed by atoms with Crippen LogP contribution in [0.5, 0.6) is 0 Å². The number of rotatable bonds is 10. The number of hydrogen-bond acceptors (Lipinski definition) is 4. The van der Waals surface area contributed by atoms with Gasteiger partial charge in [-0.25, -0.2) is 0 Å². The van der Waals surface area contributed by atoms with Crippen LogP contribution in [-0.2, 0) is 16.0 Å². The Morgan fingerprint density at radius 1 is 0.684 bits per heavy atom. The summed E-state index contributed by atoms with van der Waals surface area (Å²) in [7, 11) is 0. The van der Waals surface area contributed by atoms with E-state index < -0.39 is 35.9 Å². The van der Waals surface area contributed by atoms with Crippen molar-refractivity contribution >= 4 is 17.7 Å². The number of nitrogens with two attached hydrogens (primary N) is 1. The maximum Gasteiger partial charge on any atom is 0.252 e. The fourth-order valence-electron chi connectivity index (χ4n) is 4.15. The van der Waals surface area contributed by atoms with E-state index >= 15 is 0 Å². The Bertz CT molecular complexity index is 1360. The first-order chi connectivity index (χ1) is 18.4. The first-order valence-corrected chi connectivity index (χ1v) is 12.3. The summed E-state index contributed by atoms with van der Waals surface area (Å²) < 4.78 is 0. The number of hydrogen-bond donors (Lipinski definition) is 4. The highest BCUT2D eigenvalue weighted by Gasteiger charge is 2.31. The van der Waals surface area contributed by atoms with Gasteiger partial charge in [-0.15, -0.1) is 0 Å². The maximum absolute atomic E-state index is 13.1. The third-order valence-corrected chi connectivity index (χ3v) is 6.23. The molecule has 0 aliphatic heterocycles. The van der Waals surface area contributed by atoms with Crippen molar-refractivity contribution in [2.45, 2.75) is 24.6 Å². The van der Waals surface area contributed by atoms with Crippen LogP contribution in [-0.4, -0.2) is 35.0 Å². The topological polar surface area (TPSA) is 122 Å². The molecule has 4 rings (SSSR count). The third-order valence-electron chi connectivity index (χ3n) is 6.23. The fourth-order valence-corrected chi connectivity index (χ4v) is 4.15. The molecule has 0 aliphatic rings. The monoisotopic (exact) mass is 507 g/mol. The molecule has 0 bridgehead atoms. The molecular formula is C31H29N3O4. The molecule has 0 heterocycles. The first-order valence-electron chi connectivity index (χ1n) is 12.3. The molecule has 0 aromatic heterocycles. The Kier molecular flexibility index (Phi) is 8.64. The summed E-state index contributed by atoms with van der Waals surface area (Å²) in [4.78, 5) is 38.1. The molecule has 192 valence electrons. The van der Waals surface area contributed by atoms with E-state index in [1.165, 1.54) is 0 Å². The Morgan fingerprint density at radius 2 is 1.21 bits per heavy atom. The SMILES string of the molecule is NC(=O)[C@H](Cc1ccc(-c2ccccc2)cc1)NC(=O)[C@H](O)[C@@H](NC(=O)c1ccccc1)c1ccccc1. The van der Waals surface area contributed by atoms with Gasteiger partial charge in [0.2, 0.25) is 5.91 Å². The molecule has 0 fully saturated rings. The van der Waals surface area contributed by atoms with Gasteiger partial charge in [0.1, 0.15) is 6.04 Å². The predicted octanol–water partition coefficient (Wildman–Crippen LogP) is 3.40. The van der Waals surface area contributed by atoms with Crippen molar-refractivity contribution in [2.75, 3.05) is 0 Å². The second kappa shape index (κ2) is 12.5. The lowest BCUT2D eigenvalue weighted by molar-refractivity contribution is -0.134. The molecule has 4 aromatic carbocycles. The van der Waals surface area contributed by atoms with Gasteiger partial charge in [-0.05, 0) is 34.4 Å². The molecule has 3 amide bonds. The molecule has 38 heavy (non-hydrogen) atoms. The summed E-state index contributed by atoms with van der Waals surface area (Å²) in [5.41, 5.74) is 9.38. The first kappa shape index (κ1) is 26.3. The highest BCUT2D eigenvalue weighted by molar-refractivity contribution is 5.95. The number of aliphatic hydroxyl groups excluding tert-OH is 1. The summed E-state index contributed by atoms with van der Waals surface area (Å²) >= 11 is 0. The molecule has 7 nitrogen and oxygen atoms in total. The van der Waals surface area contributed by atoms with Crippen LogP contribution in [0.15, 0.2) is 115 Å². The number of carbonyl (C=O) groups excluding carboxylic acids is 3. The van der Waals surface area contributed by atoms with E-state index in [0.29, 0.717) is 11.1 Å². The van der Waals surface area contributed by atoms with Gasteiger partial charge in [-0.3, -0.25) is 14.4 Å². The van der Waals surface area contributed by atoms with Gasteiger partial charge >= 0.3 is 0 Å². The van der Waals surface area contributed by atoms with E-state index in [1.807, 2.05) is 54.6 Å². The lowest BCUT2D eigenvalue weighted by Crippen LogP contribution is -2.52. The molecule has 0 aliphatic carbocycles. The third kappa shape index (κ3) is 6.72. The van der Waals surface area contributed by atoms with Crippen molar-refractivity contribution in [3.05, 3.63) is 132 Å². The van der Waals surface area contributed by atoms with Crippen LogP contribution in [0.2, 0.25) is 0 Å². The van der Waals surface area contributed by atoms with Crippen molar-refractivity contribution in [3.63, 3.8) is 0 Å². The predicted molar refractivity (Wildman–Crippen MR) is 146 cm³/mol. The zero-order valence-electron chi connectivity index (χ0n) is 20.7. The zero-order chi connectivity index (χ0) is 26.9. The summed E-state index contributed by atoms with van der Waals surface area (Å²) in [6.07, 6.45) is -1.53. The Balaban J connectivity index is 1.48. The quantitative estimate of drug-likeness (QED) is 0.263. The average molecular weight is 508 g/mol. The minimum absolute atomic E-state index is 0.148. The lowest BCUT2D eigenvalue weighted by Gasteiger charge is -2.26. The normalized spacial score (nSPS) is 13.1. The van der Waals surface area contributed by atoms with E-state index in [-0.39, 0.29) is 6.42 Å². The Labute approximate surface area is 221 Å². The van der Waals surface area contributed by atoms with Gasteiger partial charge < -0.3 is 21.5 Å². The summed E-state index contributed by atoms with van der Waals surface area (Å²) in [5.74, 6) is -2.00. The van der Waals surface area contributed by atoms with E-state index in [4.69, 9.17) is 5.73 Å². The van der Waals surface area contributed by atoms with Crippen LogP contribution in [0.4, 0.5) is 0 Å². The fraction of sp³-hybridized carbons (Fsp3) is 0.129. The van der Waals surface area contributed by atoms with Crippen molar-refractivity contribution in [1.82, 2.24) is 10.6 Å². The van der Waals surface area contributed by atoms with Crippen LogP contribution in [0.3, 0.4) is 0 Å². The van der Waals surface area contributed by atoms with E-state index in [0.717, 1.165) is 16.7 Å². The number of primary amides is 1. The molecule has 5 N–H and O–H groups in total. The van der Waals surface area contributed by atoms with E-state index in [9.17, 15) is 19.5 Å². The van der Waals surface area contributed by atoms with E-state index in [2.05, 4.69) is 10.6 Å². The van der Waals surface area contributed by atoms with Crippen molar-refractivity contribution < 1.29 is 19.5 Å². The van der Waals surface area contributed by atoms with Crippen LogP contribution >= 0.6 is 0 Å². The minimum atomic E-state index is -1.67. The molecule has 0 saturated heterocycles. The standard InChI is InChI=1S/C31H29N3O4/c32-29(36)26(20-21-16-18-23(19-17-21)22-10-4-1-5-11-22)33-31(38)28(35)27(24-12-6-2-7-13-24)34-30(37)25-14-8-3-9-15-25/h1-19,26-28,35H,20H2,(H2,32,36)(H,33,38)(H,34,37)/t26-,27-,28+/m0/s1. The largest absolute Gasteiger partial charge is 0.381 e. The van der Waals surface area contributed by atoms with Crippen molar-refractivity contribution in [1.29, 1.82) is 0 Å². The number of amides is 3. The highest BCUT2D eigenvalue weighted by atomic mass is 16.3. The lowest BCUT2D eigenvalue weighted by atomic mass is 9.98. The Hall–Kier alpha value is -4.75. The number of benzene rings is 4. The molecule has 7 heteroatoms. The van der Waals surface area contributed by atoms with Gasteiger partial charge in [0.25, 0.3) is 11.8 Å². The van der Waals surface area contributed by atoms with Crippen LogP contribution < -0.4 is 16.4 Å². The van der Waals surface area contributed by atoms with Crippen LogP contribution in [0.25, 0.3) is 11.1 Å². The second-order valence-corrected chi connectivity index (χ2v) is 8.90. The van der Waals surface area contributed by atoms with Gasteiger partial charge in [-0.1, -0.05) is 103 Å².